The average Bonchev–Trinajstić information content (AvgIpc) is 2.47. The van der Waals surface area contributed by atoms with Crippen molar-refractivity contribution in [2.75, 3.05) is 7.11 Å². The summed E-state index contributed by atoms with van der Waals surface area (Å²) in [4.78, 5) is 23.3. The van der Waals surface area contributed by atoms with E-state index >= 15 is 0 Å². The number of ether oxygens (including phenoxy) is 1. The number of aromatic amines is 1. The molecule has 0 atom stereocenters. The van der Waals surface area contributed by atoms with Crippen molar-refractivity contribution in [2.24, 2.45) is 0 Å². The number of fused-ring (bicyclic) bond motifs is 1. The van der Waals surface area contributed by atoms with E-state index in [0.717, 1.165) is 5.56 Å². The second-order valence-electron chi connectivity index (χ2n) is 4.00. The minimum atomic E-state index is -0.214. The van der Waals surface area contributed by atoms with Crippen LogP contribution in [0.15, 0.2) is 47.5 Å². The lowest BCUT2D eigenvalue weighted by Gasteiger charge is -2.06. The zero-order valence-corrected chi connectivity index (χ0v) is 10.3. The molecule has 3 aromatic rings. The number of rotatable bonds is 2. The molecule has 0 radical (unpaired) electrons. The lowest BCUT2D eigenvalue weighted by molar-refractivity contribution is 0.419. The summed E-state index contributed by atoms with van der Waals surface area (Å²) < 4.78 is 5.18. The van der Waals surface area contributed by atoms with Crippen LogP contribution in [0.25, 0.3) is 22.3 Å². The quantitative estimate of drug-likeness (QED) is 0.758. The maximum absolute atomic E-state index is 12.2. The summed E-state index contributed by atoms with van der Waals surface area (Å²) in [6.45, 7) is 0. The molecule has 0 saturated carbocycles. The first-order valence-electron chi connectivity index (χ1n) is 5.77. The molecule has 1 N–H and O–H groups in total. The van der Waals surface area contributed by atoms with Gasteiger partial charge in [0.05, 0.1) is 12.6 Å². The Labute approximate surface area is 108 Å². The highest BCUT2D eigenvalue weighted by Gasteiger charge is 2.09. The number of aromatic nitrogens is 3. The number of pyridine rings is 1. The van der Waals surface area contributed by atoms with Crippen LogP contribution < -0.4 is 10.3 Å². The largest absolute Gasteiger partial charge is 0.496 e. The lowest BCUT2D eigenvalue weighted by Crippen LogP contribution is -2.10. The molecule has 5 heteroatoms. The van der Waals surface area contributed by atoms with E-state index in [-0.39, 0.29) is 5.56 Å². The summed E-state index contributed by atoms with van der Waals surface area (Å²) >= 11 is 0. The molecule has 0 fully saturated rings. The van der Waals surface area contributed by atoms with Crippen LogP contribution in [-0.2, 0) is 0 Å². The molecule has 94 valence electrons. The molecule has 0 unspecified atom stereocenters. The van der Waals surface area contributed by atoms with Crippen molar-refractivity contribution < 1.29 is 4.74 Å². The Morgan fingerprint density at radius 1 is 1.16 bits per heavy atom. The molecule has 0 aliphatic carbocycles. The second-order valence-corrected chi connectivity index (χ2v) is 4.00. The summed E-state index contributed by atoms with van der Waals surface area (Å²) in [6.07, 6.45) is 3.32. The Morgan fingerprint density at radius 3 is 2.68 bits per heavy atom. The van der Waals surface area contributed by atoms with Crippen LogP contribution in [0.2, 0.25) is 0 Å². The SMILES string of the molecule is COc1cccc2nc(-c3ccncc3)[nH]c(=O)c12. The molecule has 2 heterocycles. The van der Waals surface area contributed by atoms with Gasteiger partial charge in [-0.25, -0.2) is 4.98 Å². The van der Waals surface area contributed by atoms with Gasteiger partial charge in [0, 0.05) is 18.0 Å². The van der Waals surface area contributed by atoms with Gasteiger partial charge in [-0.1, -0.05) is 6.07 Å². The summed E-state index contributed by atoms with van der Waals surface area (Å²) in [7, 11) is 1.53. The zero-order chi connectivity index (χ0) is 13.2. The normalized spacial score (nSPS) is 10.6. The highest BCUT2D eigenvalue weighted by molar-refractivity contribution is 5.85. The minimum Gasteiger partial charge on any atom is -0.496 e. The van der Waals surface area contributed by atoms with Crippen molar-refractivity contribution in [2.45, 2.75) is 0 Å². The summed E-state index contributed by atoms with van der Waals surface area (Å²) in [6, 6.07) is 8.93. The van der Waals surface area contributed by atoms with E-state index in [4.69, 9.17) is 4.74 Å². The first-order chi connectivity index (χ1) is 9.29. The molecular formula is C14H11N3O2. The molecule has 3 rings (SSSR count). The molecule has 0 spiro atoms. The van der Waals surface area contributed by atoms with Crippen molar-refractivity contribution in [3.05, 3.63) is 53.1 Å². The van der Waals surface area contributed by atoms with Crippen molar-refractivity contribution >= 4 is 10.9 Å². The molecular weight excluding hydrogens is 242 g/mol. The van der Waals surface area contributed by atoms with Crippen LogP contribution in [-0.4, -0.2) is 22.1 Å². The predicted molar refractivity (Wildman–Crippen MR) is 72.1 cm³/mol. The summed E-state index contributed by atoms with van der Waals surface area (Å²) in [5, 5.41) is 0.461. The maximum Gasteiger partial charge on any atom is 0.262 e. The topological polar surface area (TPSA) is 67.9 Å². The van der Waals surface area contributed by atoms with Crippen LogP contribution in [0.5, 0.6) is 5.75 Å². The third-order valence-corrected chi connectivity index (χ3v) is 2.87. The third-order valence-electron chi connectivity index (χ3n) is 2.87. The van der Waals surface area contributed by atoms with E-state index in [2.05, 4.69) is 15.0 Å². The summed E-state index contributed by atoms with van der Waals surface area (Å²) in [5.41, 5.74) is 1.21. The van der Waals surface area contributed by atoms with Crippen LogP contribution in [0, 0.1) is 0 Å². The smallest absolute Gasteiger partial charge is 0.262 e. The number of H-pyrrole nitrogens is 1. The molecule has 2 aromatic heterocycles. The highest BCUT2D eigenvalue weighted by Crippen LogP contribution is 2.22. The molecule has 0 amide bonds. The van der Waals surface area contributed by atoms with Gasteiger partial charge in [-0.05, 0) is 24.3 Å². The number of hydrogen-bond acceptors (Lipinski definition) is 4. The van der Waals surface area contributed by atoms with E-state index in [1.807, 2.05) is 6.07 Å². The number of hydrogen-bond donors (Lipinski definition) is 1. The Hall–Kier alpha value is -2.69. The van der Waals surface area contributed by atoms with Crippen LogP contribution in [0.4, 0.5) is 0 Å². The second kappa shape index (κ2) is 4.53. The number of nitrogens with one attached hydrogen (secondary N) is 1. The van der Waals surface area contributed by atoms with Gasteiger partial charge in [0.15, 0.2) is 0 Å². The van der Waals surface area contributed by atoms with Crippen LogP contribution in [0.3, 0.4) is 0 Å². The van der Waals surface area contributed by atoms with E-state index in [9.17, 15) is 4.79 Å². The van der Waals surface area contributed by atoms with Gasteiger partial charge >= 0.3 is 0 Å². The molecule has 0 aliphatic heterocycles. The van der Waals surface area contributed by atoms with Gasteiger partial charge in [0.25, 0.3) is 5.56 Å². The molecule has 1 aromatic carbocycles. The summed E-state index contributed by atoms with van der Waals surface area (Å²) in [5.74, 6) is 1.04. The van der Waals surface area contributed by atoms with Gasteiger partial charge in [0.1, 0.15) is 17.0 Å². The predicted octanol–water partition coefficient (Wildman–Crippen LogP) is 1.99. The first kappa shape index (κ1) is 11.4. The monoisotopic (exact) mass is 253 g/mol. The van der Waals surface area contributed by atoms with Crippen molar-refractivity contribution in [3.8, 4) is 17.1 Å². The van der Waals surface area contributed by atoms with E-state index in [0.29, 0.717) is 22.5 Å². The maximum atomic E-state index is 12.2. The van der Waals surface area contributed by atoms with Crippen LogP contribution >= 0.6 is 0 Å². The molecule has 0 bridgehead atoms. The van der Waals surface area contributed by atoms with Gasteiger partial charge in [-0.15, -0.1) is 0 Å². The van der Waals surface area contributed by atoms with Gasteiger partial charge < -0.3 is 9.72 Å². The average molecular weight is 253 g/mol. The zero-order valence-electron chi connectivity index (χ0n) is 10.3. The van der Waals surface area contributed by atoms with Crippen molar-refractivity contribution in [1.82, 2.24) is 15.0 Å². The van der Waals surface area contributed by atoms with Crippen molar-refractivity contribution in [3.63, 3.8) is 0 Å². The number of benzene rings is 1. The molecule has 5 nitrogen and oxygen atoms in total. The van der Waals surface area contributed by atoms with Gasteiger partial charge in [-0.3, -0.25) is 9.78 Å². The van der Waals surface area contributed by atoms with Gasteiger partial charge in [0.2, 0.25) is 0 Å². The fourth-order valence-corrected chi connectivity index (χ4v) is 1.98. The van der Waals surface area contributed by atoms with Crippen LogP contribution in [0.1, 0.15) is 0 Å². The lowest BCUT2D eigenvalue weighted by atomic mass is 10.2. The third kappa shape index (κ3) is 1.95. The minimum absolute atomic E-state index is 0.214. The fraction of sp³-hybridized carbons (Fsp3) is 0.0714. The Balaban J connectivity index is 2.30. The number of nitrogens with zero attached hydrogens (tertiary/aromatic N) is 2. The molecule has 19 heavy (non-hydrogen) atoms. The molecule has 0 aliphatic rings. The Kier molecular flexibility index (Phi) is 2.72. The Morgan fingerprint density at radius 2 is 1.95 bits per heavy atom. The standard InChI is InChI=1S/C14H11N3O2/c1-19-11-4-2-3-10-12(11)14(18)17-13(16-10)9-5-7-15-8-6-9/h2-8H,1H3,(H,16,17,18). The highest BCUT2D eigenvalue weighted by atomic mass is 16.5. The molecule has 0 saturated heterocycles. The fourth-order valence-electron chi connectivity index (χ4n) is 1.98. The van der Waals surface area contributed by atoms with Gasteiger partial charge in [-0.2, -0.15) is 0 Å². The number of methoxy groups -OCH3 is 1. The van der Waals surface area contributed by atoms with E-state index in [1.54, 1.807) is 36.7 Å². The van der Waals surface area contributed by atoms with E-state index in [1.165, 1.54) is 7.11 Å². The Bertz CT molecular complexity index is 782. The first-order valence-corrected chi connectivity index (χ1v) is 5.77. The van der Waals surface area contributed by atoms with E-state index < -0.39 is 0 Å². The van der Waals surface area contributed by atoms with Crippen molar-refractivity contribution in [1.29, 1.82) is 0 Å².